The van der Waals surface area contributed by atoms with Crippen LogP contribution in [0.5, 0.6) is 0 Å². The Labute approximate surface area is 218 Å². The van der Waals surface area contributed by atoms with Gasteiger partial charge in [0.2, 0.25) is 0 Å². The molecule has 3 aromatic rings. The fraction of sp³-hybridized carbons (Fsp3) is 0.360. The van der Waals surface area contributed by atoms with Crippen molar-refractivity contribution in [2.45, 2.75) is 33.1 Å². The molecule has 0 radical (unpaired) electrons. The van der Waals surface area contributed by atoms with Gasteiger partial charge in [-0.15, -0.1) is 24.8 Å². The number of carbonyl (C=O) groups is 1. The third kappa shape index (κ3) is 7.70. The average Bonchev–Trinajstić information content (AvgIpc) is 3.09. The van der Waals surface area contributed by atoms with E-state index in [1.54, 1.807) is 4.90 Å². The van der Waals surface area contributed by atoms with E-state index in [0.717, 1.165) is 35.3 Å². The highest BCUT2D eigenvalue weighted by Crippen LogP contribution is 2.20. The first-order valence-electron chi connectivity index (χ1n) is 11.2. The molecule has 6 N–H and O–H groups in total. The number of hydrogen-bond donors (Lipinski definition) is 4. The van der Waals surface area contributed by atoms with Crippen LogP contribution in [0.25, 0.3) is 11.0 Å². The van der Waals surface area contributed by atoms with Crippen LogP contribution in [0.3, 0.4) is 0 Å². The first-order chi connectivity index (χ1) is 15.7. The molecule has 35 heavy (non-hydrogen) atoms. The maximum absolute atomic E-state index is 13.2. The van der Waals surface area contributed by atoms with Crippen LogP contribution < -0.4 is 11.5 Å². The lowest BCUT2D eigenvalue weighted by molar-refractivity contribution is 0.0741. The number of nitrogens with two attached hydrogens (primary N) is 2. The Hall–Kier alpha value is -3.10. The van der Waals surface area contributed by atoms with E-state index in [2.05, 4.69) is 18.4 Å². The normalized spacial score (nSPS) is 10.5. The molecule has 0 aliphatic rings. The minimum atomic E-state index is -0.0652. The van der Waals surface area contributed by atoms with E-state index >= 15 is 0 Å². The Morgan fingerprint density at radius 2 is 1.66 bits per heavy atom. The third-order valence-electron chi connectivity index (χ3n) is 5.65. The second-order valence-electron chi connectivity index (χ2n) is 8.82. The van der Waals surface area contributed by atoms with Gasteiger partial charge in [0.1, 0.15) is 11.7 Å². The molecule has 0 unspecified atom stereocenters. The number of nitrogen functional groups attached to an aromatic ring is 1. The highest BCUT2D eigenvalue weighted by atomic mass is 35.5. The standard InChI is InChI=1S/C25H33N7O.2ClH/c1-16(2)15-32(13-12-22(26)27)25(33)19-9-10-21-20(14-19)30-23(31(21)3)11-6-17-4-7-18(8-5-17)24(28)29;;/h4-5,7-10,14,16H,6,11-13,15H2,1-3H3,(H3,26,27)(H3,28,29);2*1H. The first kappa shape index (κ1) is 29.9. The van der Waals surface area contributed by atoms with Gasteiger partial charge in [0, 0.05) is 44.1 Å². The van der Waals surface area contributed by atoms with Crippen LogP contribution in [0.2, 0.25) is 0 Å². The van der Waals surface area contributed by atoms with Gasteiger partial charge in [-0.25, -0.2) is 4.98 Å². The number of hydrogen-bond acceptors (Lipinski definition) is 4. The third-order valence-corrected chi connectivity index (χ3v) is 5.65. The second-order valence-corrected chi connectivity index (χ2v) is 8.82. The monoisotopic (exact) mass is 519 g/mol. The van der Waals surface area contributed by atoms with Crippen molar-refractivity contribution in [1.82, 2.24) is 14.5 Å². The lowest BCUT2D eigenvalue weighted by Crippen LogP contribution is -2.36. The molecule has 1 aromatic heterocycles. The predicted octanol–water partition coefficient (Wildman–Crippen LogP) is 3.91. The molecule has 3 rings (SSSR count). The Morgan fingerprint density at radius 1 is 1.03 bits per heavy atom. The van der Waals surface area contributed by atoms with Gasteiger partial charge in [-0.2, -0.15) is 0 Å². The highest BCUT2D eigenvalue weighted by Gasteiger charge is 2.19. The molecule has 0 fully saturated rings. The number of halogens is 2. The predicted molar refractivity (Wildman–Crippen MR) is 147 cm³/mol. The van der Waals surface area contributed by atoms with Gasteiger partial charge < -0.3 is 20.9 Å². The van der Waals surface area contributed by atoms with E-state index < -0.39 is 0 Å². The number of benzene rings is 2. The number of imidazole rings is 1. The van der Waals surface area contributed by atoms with Crippen LogP contribution >= 0.6 is 24.8 Å². The van der Waals surface area contributed by atoms with E-state index in [9.17, 15) is 4.79 Å². The zero-order valence-corrected chi connectivity index (χ0v) is 22.0. The molecular formula is C25H35Cl2N7O. The molecule has 0 saturated heterocycles. The van der Waals surface area contributed by atoms with E-state index in [1.807, 2.05) is 49.5 Å². The van der Waals surface area contributed by atoms with Crippen molar-refractivity contribution in [3.63, 3.8) is 0 Å². The number of aryl methyl sites for hydroxylation is 3. The molecular weight excluding hydrogens is 485 g/mol. The van der Waals surface area contributed by atoms with Crippen LogP contribution in [0.15, 0.2) is 42.5 Å². The van der Waals surface area contributed by atoms with Gasteiger partial charge in [0.25, 0.3) is 5.91 Å². The van der Waals surface area contributed by atoms with E-state index in [1.165, 1.54) is 0 Å². The average molecular weight is 521 g/mol. The number of nitrogens with one attached hydrogen (secondary N) is 2. The van der Waals surface area contributed by atoms with Crippen LogP contribution in [-0.2, 0) is 19.9 Å². The summed E-state index contributed by atoms with van der Waals surface area (Å²) < 4.78 is 2.06. The minimum absolute atomic E-state index is 0. The quantitative estimate of drug-likeness (QED) is 0.238. The van der Waals surface area contributed by atoms with E-state index in [4.69, 9.17) is 27.3 Å². The van der Waals surface area contributed by atoms with Crippen molar-refractivity contribution >= 4 is 53.4 Å². The number of carbonyl (C=O) groups excluding carboxylic acids is 1. The Balaban J connectivity index is 0.00000306. The summed E-state index contributed by atoms with van der Waals surface area (Å²) >= 11 is 0. The molecule has 0 spiro atoms. The van der Waals surface area contributed by atoms with Crippen LogP contribution in [-0.4, -0.2) is 45.1 Å². The SMILES string of the molecule is CC(C)CN(CCC(=N)N)C(=O)c1ccc2c(c1)nc(CCc1ccc(C(=N)N)cc1)n2C.Cl.Cl. The number of nitrogens with zero attached hydrogens (tertiary/aromatic N) is 3. The van der Waals surface area contributed by atoms with Crippen LogP contribution in [0, 0.1) is 16.7 Å². The molecule has 0 saturated carbocycles. The molecule has 0 bridgehead atoms. The summed E-state index contributed by atoms with van der Waals surface area (Å²) in [5.74, 6) is 1.34. The molecule has 0 aliphatic carbocycles. The summed E-state index contributed by atoms with van der Waals surface area (Å²) in [6.07, 6.45) is 1.93. The molecule has 0 aliphatic heterocycles. The van der Waals surface area contributed by atoms with Crippen molar-refractivity contribution in [2.75, 3.05) is 13.1 Å². The fourth-order valence-corrected chi connectivity index (χ4v) is 3.87. The van der Waals surface area contributed by atoms with Crippen molar-refractivity contribution in [3.05, 3.63) is 65.0 Å². The number of rotatable bonds is 10. The van der Waals surface area contributed by atoms with Crippen molar-refractivity contribution < 1.29 is 4.79 Å². The molecule has 8 nitrogen and oxygen atoms in total. The molecule has 1 heterocycles. The first-order valence-corrected chi connectivity index (χ1v) is 11.2. The van der Waals surface area contributed by atoms with Gasteiger partial charge in [0.05, 0.1) is 16.9 Å². The van der Waals surface area contributed by atoms with E-state index in [-0.39, 0.29) is 42.4 Å². The van der Waals surface area contributed by atoms with Crippen molar-refractivity contribution in [3.8, 4) is 0 Å². The summed E-state index contributed by atoms with van der Waals surface area (Å²) in [5.41, 5.74) is 15.3. The molecule has 10 heteroatoms. The molecule has 190 valence electrons. The summed E-state index contributed by atoms with van der Waals surface area (Å²) in [7, 11) is 1.99. The zero-order valence-electron chi connectivity index (χ0n) is 20.4. The lowest BCUT2D eigenvalue weighted by Gasteiger charge is -2.24. The summed E-state index contributed by atoms with van der Waals surface area (Å²) in [4.78, 5) is 19.7. The van der Waals surface area contributed by atoms with Gasteiger partial charge in [-0.3, -0.25) is 15.6 Å². The molecule has 0 atom stereocenters. The summed E-state index contributed by atoms with van der Waals surface area (Å²) in [6, 6.07) is 13.3. The maximum Gasteiger partial charge on any atom is 0.253 e. The lowest BCUT2D eigenvalue weighted by atomic mass is 10.1. The number of amidine groups is 2. The van der Waals surface area contributed by atoms with Crippen molar-refractivity contribution in [1.29, 1.82) is 10.8 Å². The Kier molecular flexibility index (Phi) is 11.2. The maximum atomic E-state index is 13.2. The number of amides is 1. The van der Waals surface area contributed by atoms with Crippen molar-refractivity contribution in [2.24, 2.45) is 24.4 Å². The molecule has 2 aromatic carbocycles. The second kappa shape index (κ2) is 13.1. The fourth-order valence-electron chi connectivity index (χ4n) is 3.87. The summed E-state index contributed by atoms with van der Waals surface area (Å²) in [5, 5.41) is 15.0. The molecule has 1 amide bonds. The summed E-state index contributed by atoms with van der Waals surface area (Å²) in [6.45, 7) is 5.17. The van der Waals surface area contributed by atoms with E-state index in [0.29, 0.717) is 36.6 Å². The topological polar surface area (TPSA) is 138 Å². The number of aromatic nitrogens is 2. The Bertz CT molecular complexity index is 1170. The number of fused-ring (bicyclic) bond motifs is 1. The van der Waals surface area contributed by atoms with Crippen LogP contribution in [0.1, 0.15) is 47.6 Å². The highest BCUT2D eigenvalue weighted by molar-refractivity contribution is 5.97. The zero-order chi connectivity index (χ0) is 24.1. The van der Waals surface area contributed by atoms with Gasteiger partial charge >= 0.3 is 0 Å². The van der Waals surface area contributed by atoms with Gasteiger partial charge in [-0.05, 0) is 36.1 Å². The van der Waals surface area contributed by atoms with Gasteiger partial charge in [0.15, 0.2) is 0 Å². The smallest absolute Gasteiger partial charge is 0.253 e. The minimum Gasteiger partial charge on any atom is -0.388 e. The van der Waals surface area contributed by atoms with Gasteiger partial charge in [-0.1, -0.05) is 38.1 Å². The largest absolute Gasteiger partial charge is 0.388 e. The van der Waals surface area contributed by atoms with Crippen LogP contribution in [0.4, 0.5) is 0 Å². The Morgan fingerprint density at radius 3 is 2.23 bits per heavy atom.